The molecule has 8 heteroatoms. The molecule has 31 heavy (non-hydrogen) atoms. The molecule has 1 atom stereocenters. The molecular formula is C23H30N4O3S. The summed E-state index contributed by atoms with van der Waals surface area (Å²) >= 11 is 0. The van der Waals surface area contributed by atoms with Crippen molar-refractivity contribution < 1.29 is 13.2 Å². The number of pyridine rings is 1. The molecule has 0 bridgehead atoms. The van der Waals surface area contributed by atoms with Gasteiger partial charge in [-0.3, -0.25) is 14.5 Å². The van der Waals surface area contributed by atoms with Crippen molar-refractivity contribution in [1.82, 2.24) is 9.88 Å². The minimum absolute atomic E-state index is 0.0866. The Morgan fingerprint density at radius 3 is 2.45 bits per heavy atom. The van der Waals surface area contributed by atoms with E-state index in [0.717, 1.165) is 37.3 Å². The quantitative estimate of drug-likeness (QED) is 0.676. The van der Waals surface area contributed by atoms with Gasteiger partial charge in [-0.25, -0.2) is 8.42 Å². The molecule has 0 radical (unpaired) electrons. The SMILES string of the molecule is CC(c1ccccn1)N(C(=O)CS(=O)(=O)Nc1ccc(N2CCCCC2)cc1)C1CC1. The highest BCUT2D eigenvalue weighted by atomic mass is 32.2. The first-order chi connectivity index (χ1) is 14.9. The molecule has 166 valence electrons. The smallest absolute Gasteiger partial charge is 0.241 e. The Labute approximate surface area is 184 Å². The maximum absolute atomic E-state index is 13.0. The molecular weight excluding hydrogens is 412 g/mol. The van der Waals surface area contributed by atoms with Gasteiger partial charge >= 0.3 is 0 Å². The number of benzene rings is 1. The molecule has 1 N–H and O–H groups in total. The Balaban J connectivity index is 1.40. The minimum atomic E-state index is -3.81. The Morgan fingerprint density at radius 1 is 1.13 bits per heavy atom. The molecule has 2 aliphatic rings. The van der Waals surface area contributed by atoms with Gasteiger partial charge in [0.05, 0.1) is 11.7 Å². The van der Waals surface area contributed by atoms with Crippen LogP contribution >= 0.6 is 0 Å². The fourth-order valence-electron chi connectivity index (χ4n) is 4.20. The molecule has 1 unspecified atom stereocenters. The van der Waals surface area contributed by atoms with Crippen molar-refractivity contribution in [3.8, 4) is 0 Å². The van der Waals surface area contributed by atoms with Crippen LogP contribution in [0.1, 0.15) is 50.8 Å². The first-order valence-corrected chi connectivity index (χ1v) is 12.7. The lowest BCUT2D eigenvalue weighted by molar-refractivity contribution is -0.131. The zero-order valence-electron chi connectivity index (χ0n) is 17.9. The summed E-state index contributed by atoms with van der Waals surface area (Å²) < 4.78 is 28.0. The molecule has 2 fully saturated rings. The highest BCUT2D eigenvalue weighted by Gasteiger charge is 2.38. The van der Waals surface area contributed by atoms with Gasteiger partial charge in [0.1, 0.15) is 5.75 Å². The molecule has 7 nitrogen and oxygen atoms in total. The number of nitrogens with one attached hydrogen (secondary N) is 1. The van der Waals surface area contributed by atoms with Crippen LogP contribution in [0, 0.1) is 0 Å². The predicted octanol–water partition coefficient (Wildman–Crippen LogP) is 3.57. The van der Waals surface area contributed by atoms with E-state index < -0.39 is 21.7 Å². The summed E-state index contributed by atoms with van der Waals surface area (Å²) in [7, 11) is -3.81. The van der Waals surface area contributed by atoms with E-state index >= 15 is 0 Å². The van der Waals surface area contributed by atoms with Gasteiger partial charge in [0.2, 0.25) is 15.9 Å². The van der Waals surface area contributed by atoms with Crippen LogP contribution in [-0.2, 0) is 14.8 Å². The van der Waals surface area contributed by atoms with Crippen molar-refractivity contribution in [2.75, 3.05) is 28.5 Å². The molecule has 2 heterocycles. The van der Waals surface area contributed by atoms with Gasteiger partial charge in [0.25, 0.3) is 0 Å². The van der Waals surface area contributed by atoms with Crippen LogP contribution in [0.3, 0.4) is 0 Å². The fraction of sp³-hybridized carbons (Fsp3) is 0.478. The van der Waals surface area contributed by atoms with E-state index in [4.69, 9.17) is 0 Å². The maximum Gasteiger partial charge on any atom is 0.241 e. The lowest BCUT2D eigenvalue weighted by Crippen LogP contribution is -2.40. The zero-order valence-corrected chi connectivity index (χ0v) is 18.7. The largest absolute Gasteiger partial charge is 0.372 e. The lowest BCUT2D eigenvalue weighted by atomic mass is 10.1. The summed E-state index contributed by atoms with van der Waals surface area (Å²) in [5, 5.41) is 0. The number of aromatic nitrogens is 1. The number of amides is 1. The van der Waals surface area contributed by atoms with Crippen molar-refractivity contribution >= 4 is 27.3 Å². The Bertz CT molecular complexity index is 985. The van der Waals surface area contributed by atoms with Crippen LogP contribution in [0.2, 0.25) is 0 Å². The van der Waals surface area contributed by atoms with Gasteiger partial charge < -0.3 is 9.80 Å². The first kappa shape index (κ1) is 21.6. The second kappa shape index (κ2) is 9.26. The van der Waals surface area contributed by atoms with Gasteiger partial charge in [-0.2, -0.15) is 0 Å². The van der Waals surface area contributed by atoms with Crippen LogP contribution in [0.25, 0.3) is 0 Å². The first-order valence-electron chi connectivity index (χ1n) is 11.0. The molecule has 1 saturated carbocycles. The number of rotatable bonds is 8. The van der Waals surface area contributed by atoms with E-state index in [1.54, 1.807) is 23.2 Å². The van der Waals surface area contributed by atoms with Crippen molar-refractivity contribution in [3.05, 3.63) is 54.4 Å². The number of piperidine rings is 1. The highest BCUT2D eigenvalue weighted by Crippen LogP contribution is 2.34. The Kier molecular flexibility index (Phi) is 6.46. The number of sulfonamides is 1. The molecule has 2 aromatic rings. The van der Waals surface area contributed by atoms with Crippen LogP contribution in [0.5, 0.6) is 0 Å². The standard InChI is InChI=1S/C23H30N4O3S/c1-18(22-7-3-4-14-24-22)27(21-12-13-21)23(28)17-31(29,30)25-19-8-10-20(11-9-19)26-15-5-2-6-16-26/h3-4,7-11,14,18,21,25H,2,5-6,12-13,15-17H2,1H3. The molecule has 1 aromatic carbocycles. The van der Waals surface area contributed by atoms with Gasteiger partial charge in [-0.05, 0) is 75.4 Å². The summed E-state index contributed by atoms with van der Waals surface area (Å²) in [5.41, 5.74) is 2.34. The van der Waals surface area contributed by atoms with E-state index in [9.17, 15) is 13.2 Å². The number of carbonyl (C=O) groups is 1. The second-order valence-electron chi connectivity index (χ2n) is 8.42. The molecule has 1 saturated heterocycles. The summed E-state index contributed by atoms with van der Waals surface area (Å²) in [4.78, 5) is 21.3. The van der Waals surface area contributed by atoms with Crippen molar-refractivity contribution in [2.45, 2.75) is 51.1 Å². The molecule has 1 amide bonds. The van der Waals surface area contributed by atoms with Gasteiger partial charge in [-0.15, -0.1) is 0 Å². The number of nitrogens with zero attached hydrogens (tertiary/aromatic N) is 3. The van der Waals surface area contributed by atoms with Crippen molar-refractivity contribution in [1.29, 1.82) is 0 Å². The third-order valence-corrected chi connectivity index (χ3v) is 7.11. The van der Waals surface area contributed by atoms with E-state index in [2.05, 4.69) is 14.6 Å². The number of carbonyl (C=O) groups excluding carboxylic acids is 1. The van der Waals surface area contributed by atoms with Gasteiger partial charge in [-0.1, -0.05) is 6.07 Å². The number of hydrogen-bond acceptors (Lipinski definition) is 5. The average Bonchev–Trinajstić information content (AvgIpc) is 3.60. The second-order valence-corrected chi connectivity index (χ2v) is 10.1. The van der Waals surface area contributed by atoms with Crippen molar-refractivity contribution in [2.24, 2.45) is 0 Å². The van der Waals surface area contributed by atoms with E-state index in [0.29, 0.717) is 5.69 Å². The maximum atomic E-state index is 13.0. The molecule has 1 aliphatic heterocycles. The summed E-state index contributed by atoms with van der Waals surface area (Å²) in [6, 6.07) is 12.8. The average molecular weight is 443 g/mol. The number of hydrogen-bond donors (Lipinski definition) is 1. The van der Waals surface area contributed by atoms with E-state index in [1.807, 2.05) is 37.3 Å². The third kappa shape index (κ3) is 5.55. The summed E-state index contributed by atoms with van der Waals surface area (Å²) in [5.74, 6) is -0.966. The van der Waals surface area contributed by atoms with E-state index in [1.165, 1.54) is 19.3 Å². The normalized spacial score (nSPS) is 17.8. The van der Waals surface area contributed by atoms with E-state index in [-0.39, 0.29) is 12.1 Å². The van der Waals surface area contributed by atoms with Crippen LogP contribution < -0.4 is 9.62 Å². The van der Waals surface area contributed by atoms with Crippen LogP contribution in [0.15, 0.2) is 48.7 Å². The summed E-state index contributed by atoms with van der Waals surface area (Å²) in [6.07, 6.45) is 7.12. The van der Waals surface area contributed by atoms with Gasteiger partial charge in [0.15, 0.2) is 0 Å². The topological polar surface area (TPSA) is 82.6 Å². The Hall–Kier alpha value is -2.61. The minimum Gasteiger partial charge on any atom is -0.372 e. The van der Waals surface area contributed by atoms with Crippen LogP contribution in [-0.4, -0.2) is 49.1 Å². The molecule has 1 aromatic heterocycles. The molecule has 1 aliphatic carbocycles. The van der Waals surface area contributed by atoms with Crippen LogP contribution in [0.4, 0.5) is 11.4 Å². The predicted molar refractivity (Wildman–Crippen MR) is 122 cm³/mol. The Morgan fingerprint density at radius 2 is 1.84 bits per heavy atom. The van der Waals surface area contributed by atoms with Gasteiger partial charge in [0, 0.05) is 36.7 Å². The number of anilines is 2. The molecule has 0 spiro atoms. The molecule has 4 rings (SSSR count). The monoisotopic (exact) mass is 442 g/mol. The fourth-order valence-corrected chi connectivity index (χ4v) is 5.24. The van der Waals surface area contributed by atoms with Crippen molar-refractivity contribution in [3.63, 3.8) is 0 Å². The summed E-state index contributed by atoms with van der Waals surface area (Å²) in [6.45, 7) is 3.97. The third-order valence-electron chi connectivity index (χ3n) is 5.94. The highest BCUT2D eigenvalue weighted by molar-refractivity contribution is 7.93. The lowest BCUT2D eigenvalue weighted by Gasteiger charge is -2.29. The zero-order chi connectivity index (χ0) is 21.8.